The van der Waals surface area contributed by atoms with Crippen LogP contribution in [0.5, 0.6) is 5.75 Å². The molecule has 108 valence electrons. The molecule has 1 rings (SSSR count). The number of benzene rings is 1. The van der Waals surface area contributed by atoms with Gasteiger partial charge in [-0.3, -0.25) is 4.55 Å². The molecule has 0 radical (unpaired) electrons. The van der Waals surface area contributed by atoms with Crippen molar-refractivity contribution in [2.45, 2.75) is 18.7 Å². The number of ether oxygens (including phenoxy) is 1. The Labute approximate surface area is 106 Å². The molecule has 0 spiro atoms. The van der Waals surface area contributed by atoms with Crippen LogP contribution >= 0.6 is 0 Å². The Bertz CT molecular complexity index is 569. The first-order valence-corrected chi connectivity index (χ1v) is 6.47. The van der Waals surface area contributed by atoms with Gasteiger partial charge >= 0.3 is 10.1 Å². The molecule has 0 saturated carbocycles. The number of halogens is 4. The number of rotatable bonds is 4. The molecule has 0 atom stereocenters. The average Bonchev–Trinajstić information content (AvgIpc) is 2.24. The molecule has 4 nitrogen and oxygen atoms in total. The zero-order chi connectivity index (χ0) is 15.0. The van der Waals surface area contributed by atoms with Gasteiger partial charge in [-0.15, -0.1) is 0 Å². The molecule has 0 unspecified atom stereocenters. The molecule has 0 saturated heterocycles. The van der Waals surface area contributed by atoms with Gasteiger partial charge in [0.25, 0.3) is 0 Å². The highest BCUT2D eigenvalue weighted by Crippen LogP contribution is 2.32. The molecule has 0 fully saturated rings. The molecule has 9 heteroatoms. The fourth-order valence-electron chi connectivity index (χ4n) is 1.19. The van der Waals surface area contributed by atoms with Gasteiger partial charge in [0.1, 0.15) is 0 Å². The van der Waals surface area contributed by atoms with Gasteiger partial charge in [0.2, 0.25) is 11.6 Å². The molecule has 0 bridgehead atoms. The van der Waals surface area contributed by atoms with E-state index in [9.17, 15) is 26.0 Å². The van der Waals surface area contributed by atoms with Crippen molar-refractivity contribution in [3.63, 3.8) is 0 Å². The van der Waals surface area contributed by atoms with E-state index in [2.05, 4.69) is 4.74 Å². The van der Waals surface area contributed by atoms with Gasteiger partial charge in [-0.2, -0.15) is 17.2 Å². The van der Waals surface area contributed by atoms with Gasteiger partial charge in [0.15, 0.2) is 22.3 Å². The molecule has 0 aliphatic carbocycles. The Morgan fingerprint density at radius 1 is 1.05 bits per heavy atom. The van der Waals surface area contributed by atoms with Crippen molar-refractivity contribution >= 4 is 10.1 Å². The Kier molecular flexibility index (Phi) is 4.41. The van der Waals surface area contributed by atoms with Crippen LogP contribution in [0.1, 0.15) is 13.8 Å². The number of hydrogen-bond acceptors (Lipinski definition) is 3. The van der Waals surface area contributed by atoms with Gasteiger partial charge in [0, 0.05) is 0 Å². The topological polar surface area (TPSA) is 63.6 Å². The molecular weight excluding hydrogens is 292 g/mol. The van der Waals surface area contributed by atoms with Crippen LogP contribution in [0.25, 0.3) is 0 Å². The maximum absolute atomic E-state index is 13.4. The van der Waals surface area contributed by atoms with Crippen molar-refractivity contribution in [3.05, 3.63) is 23.3 Å². The first-order chi connectivity index (χ1) is 8.57. The Hall–Kier alpha value is -1.35. The van der Waals surface area contributed by atoms with E-state index in [-0.39, 0.29) is 12.5 Å². The van der Waals surface area contributed by atoms with E-state index >= 15 is 0 Å². The second kappa shape index (κ2) is 5.33. The first-order valence-electron chi connectivity index (χ1n) is 5.03. The van der Waals surface area contributed by atoms with Crippen molar-refractivity contribution in [2.24, 2.45) is 5.92 Å². The van der Waals surface area contributed by atoms with Crippen molar-refractivity contribution in [1.82, 2.24) is 0 Å². The van der Waals surface area contributed by atoms with Gasteiger partial charge < -0.3 is 4.74 Å². The molecule has 1 aromatic carbocycles. The lowest BCUT2D eigenvalue weighted by atomic mass is 10.2. The monoisotopic (exact) mass is 302 g/mol. The highest BCUT2D eigenvalue weighted by Gasteiger charge is 2.33. The zero-order valence-corrected chi connectivity index (χ0v) is 10.7. The van der Waals surface area contributed by atoms with Crippen LogP contribution in [-0.4, -0.2) is 19.6 Å². The van der Waals surface area contributed by atoms with Gasteiger partial charge in [-0.05, 0) is 5.92 Å². The quantitative estimate of drug-likeness (QED) is 0.527. The Balaban J connectivity index is 3.48. The first kappa shape index (κ1) is 15.7. The predicted octanol–water partition coefficient (Wildman–Crippen LogP) is 2.52. The Morgan fingerprint density at radius 2 is 1.47 bits per heavy atom. The summed E-state index contributed by atoms with van der Waals surface area (Å²) >= 11 is 0. The van der Waals surface area contributed by atoms with Crippen molar-refractivity contribution < 1.29 is 35.3 Å². The van der Waals surface area contributed by atoms with Crippen molar-refractivity contribution in [1.29, 1.82) is 0 Å². The SMILES string of the molecule is CC(C)COc1c(F)c(F)c(S(=O)(=O)O)c(F)c1F. The zero-order valence-electron chi connectivity index (χ0n) is 9.88. The normalized spacial score (nSPS) is 12.0. The van der Waals surface area contributed by atoms with Crippen LogP contribution in [0, 0.1) is 29.2 Å². The summed E-state index contributed by atoms with van der Waals surface area (Å²) in [5.74, 6) is -10.1. The lowest BCUT2D eigenvalue weighted by Gasteiger charge is -2.13. The fourth-order valence-corrected chi connectivity index (χ4v) is 1.83. The Morgan fingerprint density at radius 3 is 1.79 bits per heavy atom. The van der Waals surface area contributed by atoms with Crippen LogP contribution in [0.2, 0.25) is 0 Å². The highest BCUT2D eigenvalue weighted by atomic mass is 32.2. The van der Waals surface area contributed by atoms with Crippen LogP contribution in [0.15, 0.2) is 4.90 Å². The number of hydrogen-bond donors (Lipinski definition) is 1. The molecule has 0 amide bonds. The van der Waals surface area contributed by atoms with Crippen LogP contribution in [-0.2, 0) is 10.1 Å². The average molecular weight is 302 g/mol. The fraction of sp³-hybridized carbons (Fsp3) is 0.400. The maximum Gasteiger partial charge on any atom is 0.300 e. The lowest BCUT2D eigenvalue weighted by Crippen LogP contribution is -2.14. The minimum atomic E-state index is -5.44. The summed E-state index contributed by atoms with van der Waals surface area (Å²) in [6, 6.07) is 0. The molecule has 1 N–H and O–H groups in total. The third kappa shape index (κ3) is 3.16. The summed E-state index contributed by atoms with van der Waals surface area (Å²) in [7, 11) is -5.44. The van der Waals surface area contributed by atoms with Crippen molar-refractivity contribution in [2.75, 3.05) is 6.61 Å². The minimum absolute atomic E-state index is 0.189. The van der Waals surface area contributed by atoms with Crippen LogP contribution in [0.3, 0.4) is 0 Å². The summed E-state index contributed by atoms with van der Waals surface area (Å²) in [4.78, 5) is -2.08. The second-order valence-electron chi connectivity index (χ2n) is 4.09. The van der Waals surface area contributed by atoms with Crippen LogP contribution in [0.4, 0.5) is 17.6 Å². The molecule has 0 aliphatic rings. The predicted molar refractivity (Wildman–Crippen MR) is 56.4 cm³/mol. The van der Waals surface area contributed by atoms with E-state index < -0.39 is 44.0 Å². The molecule has 1 aromatic rings. The smallest absolute Gasteiger partial charge is 0.300 e. The summed E-state index contributed by atoms with van der Waals surface area (Å²) in [5, 5.41) is 0. The van der Waals surface area contributed by atoms with Crippen molar-refractivity contribution in [3.8, 4) is 5.75 Å². The largest absolute Gasteiger partial charge is 0.487 e. The summed E-state index contributed by atoms with van der Waals surface area (Å²) in [6.45, 7) is 3.00. The van der Waals surface area contributed by atoms with E-state index in [0.29, 0.717) is 0 Å². The van der Waals surface area contributed by atoms with E-state index in [1.807, 2.05) is 0 Å². The molecular formula is C10H10F4O4S. The third-order valence-corrected chi connectivity index (χ3v) is 2.88. The summed E-state index contributed by atoms with van der Waals surface area (Å²) in [5.41, 5.74) is 0. The molecule has 0 heterocycles. The van der Waals surface area contributed by atoms with Gasteiger partial charge in [-0.1, -0.05) is 13.8 Å². The maximum atomic E-state index is 13.4. The van der Waals surface area contributed by atoms with E-state index in [4.69, 9.17) is 4.55 Å². The highest BCUT2D eigenvalue weighted by molar-refractivity contribution is 7.85. The summed E-state index contributed by atoms with van der Waals surface area (Å²) in [6.07, 6.45) is 0. The van der Waals surface area contributed by atoms with E-state index in [0.717, 1.165) is 0 Å². The molecule has 0 aromatic heterocycles. The molecule has 19 heavy (non-hydrogen) atoms. The van der Waals surface area contributed by atoms with Gasteiger partial charge in [-0.25, -0.2) is 8.78 Å². The standard InChI is InChI=1S/C10H10F4O4S/c1-4(2)3-18-9-5(11)7(13)10(19(15,16)17)8(14)6(9)12/h4H,3H2,1-2H3,(H,15,16,17). The van der Waals surface area contributed by atoms with Gasteiger partial charge in [0.05, 0.1) is 6.61 Å². The summed E-state index contributed by atoms with van der Waals surface area (Å²) < 4.78 is 87.8. The molecule has 0 aliphatic heterocycles. The van der Waals surface area contributed by atoms with E-state index in [1.54, 1.807) is 13.8 Å². The third-order valence-electron chi connectivity index (χ3n) is 2.00. The lowest BCUT2D eigenvalue weighted by molar-refractivity contribution is 0.235. The minimum Gasteiger partial charge on any atom is -0.487 e. The van der Waals surface area contributed by atoms with E-state index in [1.165, 1.54) is 0 Å². The second-order valence-corrected chi connectivity index (χ2v) is 5.45. The van der Waals surface area contributed by atoms with Crippen LogP contribution < -0.4 is 4.74 Å².